The molecule has 0 aliphatic rings. The zero-order valence-electron chi connectivity index (χ0n) is 15.6. The van der Waals surface area contributed by atoms with Crippen LogP contribution in [0.15, 0.2) is 53.4 Å². The van der Waals surface area contributed by atoms with Crippen molar-refractivity contribution in [3.05, 3.63) is 69.2 Å². The van der Waals surface area contributed by atoms with Gasteiger partial charge in [-0.05, 0) is 73.1 Å². The van der Waals surface area contributed by atoms with Crippen LogP contribution in [0.5, 0.6) is 0 Å². The number of amides is 1. The average Bonchev–Trinajstić information content (AvgIpc) is 3.08. The maximum atomic E-state index is 12.6. The fourth-order valence-electron chi connectivity index (χ4n) is 2.38. The number of nitrogens with one attached hydrogen (secondary N) is 3. The van der Waals surface area contributed by atoms with Crippen LogP contribution < -0.4 is 10.0 Å². The van der Waals surface area contributed by atoms with Gasteiger partial charge in [-0.15, -0.1) is 5.10 Å². The van der Waals surface area contributed by atoms with Gasteiger partial charge in [0.25, 0.3) is 10.0 Å². The van der Waals surface area contributed by atoms with Crippen LogP contribution in [0.25, 0.3) is 6.08 Å². The monoisotopic (exact) mass is 446 g/mol. The fourth-order valence-corrected chi connectivity index (χ4v) is 4.22. The largest absolute Gasteiger partial charge is 0.297 e. The summed E-state index contributed by atoms with van der Waals surface area (Å²) >= 11 is 6.05. The molecule has 0 bridgehead atoms. The van der Waals surface area contributed by atoms with E-state index in [2.05, 4.69) is 20.2 Å². The fraction of sp³-hybridized carbons (Fsp3) is 0.105. The Morgan fingerprint density at radius 2 is 1.86 bits per heavy atom. The van der Waals surface area contributed by atoms with Gasteiger partial charge < -0.3 is 0 Å². The molecule has 3 aromatic rings. The molecule has 7 nitrogen and oxygen atoms in total. The summed E-state index contributed by atoms with van der Waals surface area (Å²) in [5.74, 6) is -0.365. The predicted molar refractivity (Wildman–Crippen MR) is 118 cm³/mol. The van der Waals surface area contributed by atoms with Crippen molar-refractivity contribution in [3.63, 3.8) is 0 Å². The van der Waals surface area contributed by atoms with Crippen molar-refractivity contribution in [1.29, 1.82) is 0 Å². The SMILES string of the molecule is Cc1ccc(NS(=O)(=O)c2ccc(/C=C/C(=O)Nc3n[nH]c(=S)s3)cc2)cc1C. The van der Waals surface area contributed by atoms with E-state index in [0.29, 0.717) is 20.3 Å². The van der Waals surface area contributed by atoms with Crippen LogP contribution in [0.3, 0.4) is 0 Å². The third-order valence-electron chi connectivity index (χ3n) is 4.04. The molecule has 0 radical (unpaired) electrons. The Labute approximate surface area is 177 Å². The molecule has 0 aliphatic heterocycles. The van der Waals surface area contributed by atoms with Crippen molar-refractivity contribution in [2.45, 2.75) is 18.7 Å². The van der Waals surface area contributed by atoms with Crippen LogP contribution in [0, 0.1) is 17.8 Å². The van der Waals surface area contributed by atoms with Crippen LogP contribution in [-0.2, 0) is 14.8 Å². The number of carbonyl (C=O) groups is 1. The number of aromatic amines is 1. The molecular formula is C19H18N4O3S3. The molecule has 3 N–H and O–H groups in total. The second-order valence-corrected chi connectivity index (χ2v) is 9.56. The van der Waals surface area contributed by atoms with E-state index in [-0.39, 0.29) is 10.8 Å². The van der Waals surface area contributed by atoms with Gasteiger partial charge in [-0.2, -0.15) is 0 Å². The summed E-state index contributed by atoms with van der Waals surface area (Å²) in [4.78, 5) is 12.0. The number of H-pyrrole nitrogens is 1. The van der Waals surface area contributed by atoms with E-state index < -0.39 is 10.0 Å². The summed E-state index contributed by atoms with van der Waals surface area (Å²) in [6.07, 6.45) is 2.91. The van der Waals surface area contributed by atoms with Crippen LogP contribution in [0.1, 0.15) is 16.7 Å². The Morgan fingerprint density at radius 3 is 2.48 bits per heavy atom. The molecule has 0 aliphatic carbocycles. The van der Waals surface area contributed by atoms with Gasteiger partial charge in [0.1, 0.15) is 0 Å². The number of rotatable bonds is 6. The smallest absolute Gasteiger partial charge is 0.261 e. The highest BCUT2D eigenvalue weighted by Crippen LogP contribution is 2.20. The van der Waals surface area contributed by atoms with Crippen molar-refractivity contribution in [3.8, 4) is 0 Å². The lowest BCUT2D eigenvalue weighted by atomic mass is 10.1. The van der Waals surface area contributed by atoms with Crippen LogP contribution >= 0.6 is 23.6 Å². The average molecular weight is 447 g/mol. The molecule has 1 heterocycles. The Morgan fingerprint density at radius 1 is 1.14 bits per heavy atom. The first-order chi connectivity index (χ1) is 13.7. The first-order valence-corrected chi connectivity index (χ1v) is 11.2. The lowest BCUT2D eigenvalue weighted by Crippen LogP contribution is -2.13. The van der Waals surface area contributed by atoms with Gasteiger partial charge in [-0.25, -0.2) is 8.42 Å². The standard InChI is InChI=1S/C19H18N4O3S3/c1-12-3-7-15(11-13(12)2)23-29(25,26)16-8-4-14(5-9-16)6-10-17(24)20-18-21-22-19(27)28-18/h3-11,23H,1-2H3,(H,22,27)(H,20,21,24)/b10-6+. The van der Waals surface area contributed by atoms with E-state index in [4.69, 9.17) is 12.2 Å². The number of aryl methyl sites for hydroxylation is 2. The first-order valence-electron chi connectivity index (χ1n) is 8.48. The number of aromatic nitrogens is 2. The maximum absolute atomic E-state index is 12.6. The number of hydrogen-bond acceptors (Lipinski definition) is 6. The molecule has 29 heavy (non-hydrogen) atoms. The number of anilines is 2. The highest BCUT2D eigenvalue weighted by molar-refractivity contribution is 7.92. The summed E-state index contributed by atoms with van der Waals surface area (Å²) in [5, 5.41) is 9.38. The zero-order valence-corrected chi connectivity index (χ0v) is 18.0. The molecule has 0 spiro atoms. The van der Waals surface area contributed by atoms with E-state index in [1.54, 1.807) is 30.3 Å². The summed E-state index contributed by atoms with van der Waals surface area (Å²) < 4.78 is 28.2. The Balaban J connectivity index is 1.67. The van der Waals surface area contributed by atoms with Crippen molar-refractivity contribution < 1.29 is 13.2 Å². The molecule has 0 atom stereocenters. The van der Waals surface area contributed by atoms with Crippen LogP contribution in [0.4, 0.5) is 10.8 Å². The van der Waals surface area contributed by atoms with Gasteiger partial charge in [-0.3, -0.25) is 19.9 Å². The van der Waals surface area contributed by atoms with E-state index in [1.807, 2.05) is 19.9 Å². The van der Waals surface area contributed by atoms with Crippen LogP contribution in [0.2, 0.25) is 0 Å². The van der Waals surface area contributed by atoms with Crippen molar-refractivity contribution >= 4 is 56.4 Å². The Bertz CT molecular complexity index is 1230. The molecule has 3 rings (SSSR count). The summed E-state index contributed by atoms with van der Waals surface area (Å²) in [7, 11) is -3.70. The lowest BCUT2D eigenvalue weighted by molar-refractivity contribution is -0.111. The topological polar surface area (TPSA) is 104 Å². The van der Waals surface area contributed by atoms with Gasteiger partial charge in [-0.1, -0.05) is 29.5 Å². The van der Waals surface area contributed by atoms with Crippen molar-refractivity contribution in [1.82, 2.24) is 10.2 Å². The van der Waals surface area contributed by atoms with Gasteiger partial charge in [0.15, 0.2) is 3.95 Å². The second-order valence-electron chi connectivity index (χ2n) is 6.21. The van der Waals surface area contributed by atoms with Crippen LogP contribution in [-0.4, -0.2) is 24.5 Å². The predicted octanol–water partition coefficient (Wildman–Crippen LogP) is 4.27. The second kappa shape index (κ2) is 8.68. The molecule has 10 heteroatoms. The van der Waals surface area contributed by atoms with Gasteiger partial charge in [0.05, 0.1) is 4.90 Å². The van der Waals surface area contributed by atoms with Crippen molar-refractivity contribution in [2.75, 3.05) is 10.0 Å². The molecule has 150 valence electrons. The molecule has 0 fully saturated rings. The van der Waals surface area contributed by atoms with E-state index in [0.717, 1.165) is 22.5 Å². The highest BCUT2D eigenvalue weighted by Gasteiger charge is 2.14. The van der Waals surface area contributed by atoms with Crippen molar-refractivity contribution in [2.24, 2.45) is 0 Å². The Kier molecular flexibility index (Phi) is 6.26. The molecule has 0 saturated carbocycles. The minimum Gasteiger partial charge on any atom is -0.297 e. The number of sulfonamides is 1. The summed E-state index contributed by atoms with van der Waals surface area (Å²) in [5.41, 5.74) is 3.28. The van der Waals surface area contributed by atoms with Gasteiger partial charge >= 0.3 is 0 Å². The normalized spacial score (nSPS) is 11.5. The van der Waals surface area contributed by atoms with E-state index in [9.17, 15) is 13.2 Å². The third-order valence-corrected chi connectivity index (χ3v) is 6.45. The summed E-state index contributed by atoms with van der Waals surface area (Å²) in [6, 6.07) is 11.6. The number of benzene rings is 2. The van der Waals surface area contributed by atoms with Gasteiger partial charge in [0.2, 0.25) is 11.0 Å². The van der Waals surface area contributed by atoms with Gasteiger partial charge in [0, 0.05) is 11.8 Å². The minimum atomic E-state index is -3.70. The number of carbonyl (C=O) groups excluding carboxylic acids is 1. The molecule has 2 aromatic carbocycles. The number of hydrogen-bond donors (Lipinski definition) is 3. The molecule has 1 amide bonds. The maximum Gasteiger partial charge on any atom is 0.261 e. The zero-order chi connectivity index (χ0) is 21.0. The third kappa shape index (κ3) is 5.59. The lowest BCUT2D eigenvalue weighted by Gasteiger charge is -2.10. The highest BCUT2D eigenvalue weighted by atomic mass is 32.2. The van der Waals surface area contributed by atoms with E-state index in [1.165, 1.54) is 18.2 Å². The van der Waals surface area contributed by atoms with E-state index >= 15 is 0 Å². The molecule has 0 saturated heterocycles. The summed E-state index contributed by atoms with van der Waals surface area (Å²) in [6.45, 7) is 3.89. The molecule has 1 aromatic heterocycles. The molecule has 0 unspecified atom stereocenters. The quantitative estimate of drug-likeness (QED) is 0.387. The molecular weight excluding hydrogens is 428 g/mol. The Hall–Kier alpha value is -2.82. The minimum absolute atomic E-state index is 0.133. The number of nitrogens with zero attached hydrogens (tertiary/aromatic N) is 1. The first kappa shape index (κ1) is 20.9.